The predicted octanol–water partition coefficient (Wildman–Crippen LogP) is 2.75. The Bertz CT molecular complexity index is 1110. The molecule has 4 amide bonds. The smallest absolute Gasteiger partial charge is 0.334 e. The van der Waals surface area contributed by atoms with E-state index in [0.29, 0.717) is 28.9 Å². The summed E-state index contributed by atoms with van der Waals surface area (Å²) in [5.41, 5.74) is -1.57. The molecule has 0 unspecified atom stereocenters. The maximum atomic E-state index is 13.1. The Balaban J connectivity index is 1.44. The fourth-order valence-corrected chi connectivity index (χ4v) is 4.96. The number of benzene rings is 1. The third-order valence-corrected chi connectivity index (χ3v) is 7.00. The van der Waals surface area contributed by atoms with Crippen LogP contribution in [-0.4, -0.2) is 49.7 Å². The van der Waals surface area contributed by atoms with Crippen molar-refractivity contribution in [3.05, 3.63) is 33.8 Å². The molecule has 1 saturated carbocycles. The zero-order valence-electron chi connectivity index (χ0n) is 17.5. The van der Waals surface area contributed by atoms with Crippen LogP contribution in [0.4, 0.5) is 18.0 Å². The van der Waals surface area contributed by atoms with Gasteiger partial charge in [-0.3, -0.25) is 14.1 Å². The molecule has 4 rings (SSSR count). The van der Waals surface area contributed by atoms with Crippen LogP contribution in [0.15, 0.2) is 12.1 Å². The van der Waals surface area contributed by atoms with Crippen LogP contribution in [-0.2, 0) is 37.9 Å². The van der Waals surface area contributed by atoms with Crippen molar-refractivity contribution in [2.75, 3.05) is 6.73 Å². The van der Waals surface area contributed by atoms with Crippen LogP contribution >= 0.6 is 19.4 Å². The number of hydrogen-bond acceptors (Lipinski definition) is 5. The lowest BCUT2D eigenvalue weighted by molar-refractivity contribution is -0.138. The number of amides is 4. The van der Waals surface area contributed by atoms with Gasteiger partial charge in [0.2, 0.25) is 5.91 Å². The number of urea groups is 1. The van der Waals surface area contributed by atoms with Crippen molar-refractivity contribution in [2.24, 2.45) is 5.92 Å². The number of hydrogen-bond donors (Lipinski definition) is 3. The Morgan fingerprint density at radius 3 is 2.41 bits per heavy atom. The summed E-state index contributed by atoms with van der Waals surface area (Å²) in [6.45, 7) is -0.931. The minimum Gasteiger partial charge on any atom is -0.334 e. The second-order valence-electron chi connectivity index (χ2n) is 8.51. The van der Waals surface area contributed by atoms with Gasteiger partial charge in [0.1, 0.15) is 12.3 Å². The molecule has 0 radical (unpaired) electrons. The molecule has 186 valence electrons. The molecule has 2 heterocycles. The molecule has 3 aliphatic rings. The van der Waals surface area contributed by atoms with Gasteiger partial charge in [-0.15, -0.1) is 0 Å². The topological polar surface area (TPSA) is 136 Å². The minimum absolute atomic E-state index is 0.0482. The number of rotatable bonds is 7. The molecule has 34 heavy (non-hydrogen) atoms. The first-order chi connectivity index (χ1) is 15.7. The number of nitrogens with zero attached hydrogens (tertiary/aromatic N) is 2. The average Bonchev–Trinajstić information content (AvgIpc) is 3.43. The average molecular weight is 526 g/mol. The van der Waals surface area contributed by atoms with Gasteiger partial charge in [0.25, 0.3) is 5.91 Å². The summed E-state index contributed by atoms with van der Waals surface area (Å²) in [4.78, 5) is 57.7. The first-order valence-electron chi connectivity index (χ1n) is 10.2. The van der Waals surface area contributed by atoms with Crippen molar-refractivity contribution < 1.29 is 46.4 Å². The van der Waals surface area contributed by atoms with Gasteiger partial charge in [-0.25, -0.2) is 14.3 Å². The molecule has 0 aromatic heterocycles. The third-order valence-electron chi connectivity index (χ3n) is 6.23. The monoisotopic (exact) mass is 525 g/mol. The normalized spacial score (nSPS) is 22.9. The number of carbonyl (C=O) groups excluding carboxylic acids is 3. The molecular weight excluding hydrogens is 506 g/mol. The molecule has 2 fully saturated rings. The summed E-state index contributed by atoms with van der Waals surface area (Å²) in [5.74, 6) is -1.42. The van der Waals surface area contributed by atoms with Crippen LogP contribution in [0.5, 0.6) is 0 Å². The summed E-state index contributed by atoms with van der Waals surface area (Å²) < 4.78 is 54.6. The molecule has 10 nitrogen and oxygen atoms in total. The third kappa shape index (κ3) is 4.80. The van der Waals surface area contributed by atoms with Gasteiger partial charge in [0.15, 0.2) is 0 Å². The summed E-state index contributed by atoms with van der Waals surface area (Å²) in [7, 11) is -4.93. The number of halogens is 4. The molecule has 0 spiro atoms. The summed E-state index contributed by atoms with van der Waals surface area (Å²) in [6, 6.07) is 1.23. The molecule has 1 aromatic rings. The van der Waals surface area contributed by atoms with Crippen LogP contribution in [0.2, 0.25) is 5.02 Å². The standard InChI is InChI=1S/C19H20ClF3N3O7P/c20-14-6-11-8-25(7-10(11)5-13(14)19(21,22)23)15(27)3-4-18(12-1-2-12)16(28)26(17(29)24-18)9-33-34(30,31)32/h5-6,12H,1-4,7-9H2,(H,24,29)(H2,30,31,32)/t18-/m0/s1. The zero-order valence-corrected chi connectivity index (χ0v) is 19.1. The number of phosphoric acid groups is 1. The van der Waals surface area contributed by atoms with Gasteiger partial charge in [-0.05, 0) is 48.4 Å². The van der Waals surface area contributed by atoms with E-state index in [9.17, 15) is 32.1 Å². The summed E-state index contributed by atoms with van der Waals surface area (Å²) in [5, 5.41) is 2.10. The highest BCUT2D eigenvalue weighted by Gasteiger charge is 2.59. The Morgan fingerprint density at radius 1 is 1.24 bits per heavy atom. The molecule has 1 saturated heterocycles. The molecular formula is C19H20ClF3N3O7P. The highest BCUT2D eigenvalue weighted by atomic mass is 35.5. The van der Waals surface area contributed by atoms with Gasteiger partial charge < -0.3 is 20.0 Å². The minimum atomic E-state index is -4.93. The second kappa shape index (κ2) is 8.49. The molecule has 1 aliphatic carbocycles. The number of fused-ring (bicyclic) bond motifs is 1. The number of nitrogens with one attached hydrogen (secondary N) is 1. The predicted molar refractivity (Wildman–Crippen MR) is 109 cm³/mol. The van der Waals surface area contributed by atoms with Crippen molar-refractivity contribution >= 4 is 37.3 Å². The van der Waals surface area contributed by atoms with Crippen molar-refractivity contribution in [1.29, 1.82) is 0 Å². The van der Waals surface area contributed by atoms with E-state index >= 15 is 0 Å². The fourth-order valence-electron chi connectivity index (χ4n) is 4.40. The van der Waals surface area contributed by atoms with Gasteiger partial charge in [0.05, 0.1) is 10.6 Å². The molecule has 0 bridgehead atoms. The zero-order chi connectivity index (χ0) is 25.1. The Morgan fingerprint density at radius 2 is 1.85 bits per heavy atom. The van der Waals surface area contributed by atoms with E-state index < -0.39 is 54.7 Å². The molecule has 1 atom stereocenters. The first-order valence-corrected chi connectivity index (χ1v) is 12.1. The second-order valence-corrected chi connectivity index (χ2v) is 10.2. The molecule has 3 N–H and O–H groups in total. The number of alkyl halides is 3. The van der Waals surface area contributed by atoms with Crippen LogP contribution in [0.25, 0.3) is 0 Å². The van der Waals surface area contributed by atoms with E-state index in [4.69, 9.17) is 21.4 Å². The van der Waals surface area contributed by atoms with Gasteiger partial charge >= 0.3 is 20.0 Å². The maximum Gasteiger partial charge on any atom is 0.471 e. The molecule has 15 heteroatoms. The van der Waals surface area contributed by atoms with E-state index in [1.165, 1.54) is 11.0 Å². The van der Waals surface area contributed by atoms with E-state index in [1.807, 2.05) is 0 Å². The number of imide groups is 1. The van der Waals surface area contributed by atoms with E-state index in [0.717, 1.165) is 6.07 Å². The molecule has 2 aliphatic heterocycles. The van der Waals surface area contributed by atoms with Crippen LogP contribution in [0, 0.1) is 5.92 Å². The lowest BCUT2D eigenvalue weighted by Gasteiger charge is -2.27. The van der Waals surface area contributed by atoms with Gasteiger partial charge in [-0.1, -0.05) is 11.6 Å². The van der Waals surface area contributed by atoms with Gasteiger partial charge in [-0.2, -0.15) is 13.2 Å². The maximum absolute atomic E-state index is 13.1. The van der Waals surface area contributed by atoms with Crippen molar-refractivity contribution in [3.63, 3.8) is 0 Å². The van der Waals surface area contributed by atoms with Crippen molar-refractivity contribution in [1.82, 2.24) is 15.1 Å². The lowest BCUT2D eigenvalue weighted by Crippen LogP contribution is -2.50. The highest BCUT2D eigenvalue weighted by molar-refractivity contribution is 7.46. The lowest BCUT2D eigenvalue weighted by atomic mass is 9.87. The van der Waals surface area contributed by atoms with Crippen LogP contribution < -0.4 is 5.32 Å². The number of carbonyl (C=O) groups is 3. The SMILES string of the molecule is O=C(CC[C@@]1(C2CC2)NC(=O)N(COP(=O)(O)O)C1=O)N1Cc2cc(Cl)c(C(F)(F)F)cc2C1. The van der Waals surface area contributed by atoms with E-state index in [1.54, 1.807) is 0 Å². The quantitative estimate of drug-likeness (QED) is 0.368. The Labute approximate surface area is 196 Å². The summed E-state index contributed by atoms with van der Waals surface area (Å²) >= 11 is 5.76. The summed E-state index contributed by atoms with van der Waals surface area (Å²) in [6.07, 6.45) is -3.66. The Kier molecular flexibility index (Phi) is 6.22. The Hall–Kier alpha value is -2.18. The van der Waals surface area contributed by atoms with E-state index in [-0.39, 0.29) is 31.8 Å². The van der Waals surface area contributed by atoms with Crippen molar-refractivity contribution in [2.45, 2.75) is 50.5 Å². The van der Waals surface area contributed by atoms with Crippen LogP contribution in [0.1, 0.15) is 42.4 Å². The van der Waals surface area contributed by atoms with Crippen LogP contribution in [0.3, 0.4) is 0 Å². The largest absolute Gasteiger partial charge is 0.471 e. The first kappa shape index (κ1) is 24.9. The highest BCUT2D eigenvalue weighted by Crippen LogP contribution is 2.46. The van der Waals surface area contributed by atoms with Gasteiger partial charge in [0, 0.05) is 19.5 Å². The fraction of sp³-hybridized carbons (Fsp3) is 0.526. The molecule has 1 aromatic carbocycles. The van der Waals surface area contributed by atoms with Crippen molar-refractivity contribution in [3.8, 4) is 0 Å². The number of phosphoric ester groups is 1. The van der Waals surface area contributed by atoms with E-state index in [2.05, 4.69) is 9.84 Å².